The third-order valence-corrected chi connectivity index (χ3v) is 12.7. The molecule has 9 nitrogen and oxygen atoms in total. The topological polar surface area (TPSA) is 111 Å². The van der Waals surface area contributed by atoms with Gasteiger partial charge in [0.1, 0.15) is 0 Å². The van der Waals surface area contributed by atoms with Crippen molar-refractivity contribution in [3.05, 3.63) is 65.7 Å². The van der Waals surface area contributed by atoms with E-state index in [0.717, 1.165) is 29.3 Å². The molecule has 5 atom stereocenters. The van der Waals surface area contributed by atoms with Crippen molar-refractivity contribution in [2.45, 2.75) is 62.6 Å². The van der Waals surface area contributed by atoms with Crippen LogP contribution in [0.15, 0.2) is 54.6 Å². The molecule has 4 aliphatic heterocycles. The van der Waals surface area contributed by atoms with E-state index in [1.54, 1.807) is 21.7 Å². The molecule has 0 saturated carbocycles. The SMILES string of the molecule is C[C@@H]1[C@@H]([Si](C)(C)O)[C@H](CC(=O)N2CCC[C@H]2CO)O[C@@]12C(=O)N(C)c1ccc(N3C(=O)c4cccc5cccc3c45)cc12. The molecule has 4 heterocycles. The normalized spacial score (nSPS) is 28.2. The molecule has 2 fully saturated rings. The lowest BCUT2D eigenvalue weighted by Crippen LogP contribution is -2.45. The van der Waals surface area contributed by atoms with Crippen molar-refractivity contribution in [2.24, 2.45) is 5.92 Å². The van der Waals surface area contributed by atoms with E-state index >= 15 is 0 Å². The quantitative estimate of drug-likeness (QED) is 0.424. The Balaban J connectivity index is 1.31. The summed E-state index contributed by atoms with van der Waals surface area (Å²) < 4.78 is 6.80. The predicted octanol–water partition coefficient (Wildman–Crippen LogP) is 4.28. The first-order valence-electron chi connectivity index (χ1n) is 15.1. The molecular weight excluding hydrogens is 562 g/mol. The summed E-state index contributed by atoms with van der Waals surface area (Å²) in [6, 6.07) is 16.9. The smallest absolute Gasteiger partial charge is 0.264 e. The molecule has 4 aliphatic rings. The van der Waals surface area contributed by atoms with Gasteiger partial charge in [0.25, 0.3) is 11.8 Å². The Kier molecular flexibility index (Phi) is 6.38. The first kappa shape index (κ1) is 28.2. The first-order chi connectivity index (χ1) is 20.5. The van der Waals surface area contributed by atoms with Gasteiger partial charge in [-0.3, -0.25) is 19.3 Å². The standard InChI is InChI=1S/C33H37N3O6Si/c1-19-30(43(3,4)41)27(17-28(38)35-15-7-10-22(35)18-37)42-33(19)24-16-21(13-14-25(24)34(2)32(33)40)36-26-12-6-9-20-8-5-11-23(29(20)26)31(36)39/h5-6,8-9,11-14,16,19,22,27,30,37,41H,7,10,15,17-18H2,1-4H3/t19-,22+,27+,30-,33+/m1/s1. The van der Waals surface area contributed by atoms with Gasteiger partial charge in [0.2, 0.25) is 5.91 Å². The van der Waals surface area contributed by atoms with E-state index in [1.165, 1.54) is 0 Å². The Morgan fingerprint density at radius 2 is 1.84 bits per heavy atom. The molecule has 0 aromatic heterocycles. The molecule has 10 heteroatoms. The van der Waals surface area contributed by atoms with Crippen molar-refractivity contribution in [1.82, 2.24) is 4.90 Å². The third-order valence-electron chi connectivity index (χ3n) is 10.2. The van der Waals surface area contributed by atoms with E-state index in [1.807, 2.05) is 74.6 Å². The van der Waals surface area contributed by atoms with Gasteiger partial charge in [0.05, 0.1) is 42.1 Å². The number of aliphatic hydroxyl groups excluding tert-OH is 1. The molecule has 0 bridgehead atoms. The van der Waals surface area contributed by atoms with Gasteiger partial charge >= 0.3 is 0 Å². The Bertz CT molecular complexity index is 1680. The molecule has 2 saturated heterocycles. The zero-order valence-electron chi connectivity index (χ0n) is 24.9. The van der Waals surface area contributed by atoms with E-state index in [4.69, 9.17) is 4.74 Å². The van der Waals surface area contributed by atoms with Crippen LogP contribution in [-0.2, 0) is 19.9 Å². The minimum absolute atomic E-state index is 0.0260. The lowest BCUT2D eigenvalue weighted by molar-refractivity contribution is -0.149. The van der Waals surface area contributed by atoms with Crippen molar-refractivity contribution < 1.29 is 29.0 Å². The van der Waals surface area contributed by atoms with Crippen LogP contribution in [0.2, 0.25) is 18.6 Å². The van der Waals surface area contributed by atoms with Crippen molar-refractivity contribution in [1.29, 1.82) is 0 Å². The molecule has 0 radical (unpaired) electrons. The molecule has 3 amide bonds. The van der Waals surface area contributed by atoms with Crippen molar-refractivity contribution in [3.63, 3.8) is 0 Å². The van der Waals surface area contributed by atoms with Gasteiger partial charge in [-0.25, -0.2) is 0 Å². The van der Waals surface area contributed by atoms with Crippen LogP contribution in [0.25, 0.3) is 10.8 Å². The molecule has 1 spiro atoms. The van der Waals surface area contributed by atoms with Crippen molar-refractivity contribution >= 4 is 53.9 Å². The fourth-order valence-corrected chi connectivity index (χ4v) is 10.9. The Hall–Kier alpha value is -3.57. The predicted molar refractivity (Wildman–Crippen MR) is 166 cm³/mol. The summed E-state index contributed by atoms with van der Waals surface area (Å²) in [7, 11) is -1.24. The lowest BCUT2D eigenvalue weighted by Gasteiger charge is -2.32. The number of anilines is 3. The minimum Gasteiger partial charge on any atom is -0.432 e. The number of amides is 3. The Morgan fingerprint density at radius 3 is 2.56 bits per heavy atom. The lowest BCUT2D eigenvalue weighted by atomic mass is 9.82. The number of carbonyl (C=O) groups is 3. The largest absolute Gasteiger partial charge is 0.432 e. The molecular formula is C33H37N3O6Si. The number of hydrogen-bond donors (Lipinski definition) is 2. The van der Waals surface area contributed by atoms with Crippen LogP contribution in [0, 0.1) is 5.92 Å². The number of hydrogen-bond acceptors (Lipinski definition) is 6. The van der Waals surface area contributed by atoms with E-state index in [9.17, 15) is 24.3 Å². The summed E-state index contributed by atoms with van der Waals surface area (Å²) in [4.78, 5) is 58.0. The molecule has 3 aromatic carbocycles. The average Bonchev–Trinajstić information content (AvgIpc) is 3.70. The van der Waals surface area contributed by atoms with Gasteiger partial charge in [-0.2, -0.15) is 0 Å². The summed E-state index contributed by atoms with van der Waals surface area (Å²) in [5, 5.41) is 11.7. The fourth-order valence-electron chi connectivity index (χ4n) is 8.33. The van der Waals surface area contributed by atoms with Gasteiger partial charge in [-0.1, -0.05) is 31.2 Å². The molecule has 2 N–H and O–H groups in total. The molecule has 0 aliphatic carbocycles. The zero-order valence-corrected chi connectivity index (χ0v) is 25.9. The van der Waals surface area contributed by atoms with E-state index in [0.29, 0.717) is 29.0 Å². The van der Waals surface area contributed by atoms with Gasteiger partial charge in [-0.05, 0) is 61.7 Å². The second-order valence-electron chi connectivity index (χ2n) is 13.0. The van der Waals surface area contributed by atoms with Crippen molar-refractivity contribution in [2.75, 3.05) is 30.0 Å². The average molecular weight is 600 g/mol. The van der Waals surface area contributed by atoms with Gasteiger partial charge in [-0.15, -0.1) is 0 Å². The molecule has 224 valence electrons. The number of carbonyl (C=O) groups excluding carboxylic acids is 3. The first-order valence-corrected chi connectivity index (χ1v) is 18.1. The summed E-state index contributed by atoms with van der Waals surface area (Å²) in [6.07, 6.45) is 0.938. The Labute approximate surface area is 251 Å². The monoisotopic (exact) mass is 599 g/mol. The molecule has 0 unspecified atom stereocenters. The highest BCUT2D eigenvalue weighted by atomic mass is 28.4. The number of likely N-dealkylation sites (tertiary alicyclic amines) is 1. The maximum atomic E-state index is 14.2. The molecule has 7 rings (SSSR count). The van der Waals surface area contributed by atoms with Gasteiger partial charge in [0, 0.05) is 41.7 Å². The summed E-state index contributed by atoms with van der Waals surface area (Å²) in [5.41, 5.74) is 1.58. The van der Waals surface area contributed by atoms with Crippen LogP contribution < -0.4 is 9.80 Å². The highest BCUT2D eigenvalue weighted by Gasteiger charge is 2.66. The third kappa shape index (κ3) is 3.89. The zero-order chi connectivity index (χ0) is 30.4. The number of aliphatic hydroxyl groups is 1. The van der Waals surface area contributed by atoms with Gasteiger partial charge < -0.3 is 24.4 Å². The van der Waals surface area contributed by atoms with Crippen LogP contribution in [0.1, 0.15) is 42.1 Å². The van der Waals surface area contributed by atoms with Crippen LogP contribution >= 0.6 is 0 Å². The summed E-state index contributed by atoms with van der Waals surface area (Å²) in [6.45, 7) is 6.10. The minimum atomic E-state index is -2.95. The Morgan fingerprint density at radius 1 is 1.09 bits per heavy atom. The van der Waals surface area contributed by atoms with Crippen LogP contribution in [-0.4, -0.2) is 73.2 Å². The maximum absolute atomic E-state index is 14.2. The maximum Gasteiger partial charge on any atom is 0.264 e. The molecule has 3 aromatic rings. The van der Waals surface area contributed by atoms with Crippen LogP contribution in [0.3, 0.4) is 0 Å². The highest BCUT2D eigenvalue weighted by molar-refractivity contribution is 6.71. The summed E-state index contributed by atoms with van der Waals surface area (Å²) in [5.74, 6) is -0.924. The second kappa shape index (κ2) is 9.72. The molecule has 43 heavy (non-hydrogen) atoms. The van der Waals surface area contributed by atoms with Crippen molar-refractivity contribution in [3.8, 4) is 0 Å². The second-order valence-corrected chi connectivity index (χ2v) is 17.0. The number of ether oxygens (including phenoxy) is 1. The van der Waals surface area contributed by atoms with E-state index < -0.39 is 31.5 Å². The number of fused-ring (bicyclic) bond motifs is 2. The van der Waals surface area contributed by atoms with E-state index in [-0.39, 0.29) is 36.8 Å². The number of rotatable bonds is 5. The summed E-state index contributed by atoms with van der Waals surface area (Å²) >= 11 is 0. The number of likely N-dealkylation sites (N-methyl/N-ethyl adjacent to an activating group) is 1. The highest BCUT2D eigenvalue weighted by Crippen LogP contribution is 2.60. The van der Waals surface area contributed by atoms with Crippen LogP contribution in [0.4, 0.5) is 17.1 Å². The number of benzene rings is 3. The number of nitrogens with zero attached hydrogens (tertiary/aromatic N) is 3. The van der Waals surface area contributed by atoms with Gasteiger partial charge in [0.15, 0.2) is 13.9 Å². The van der Waals surface area contributed by atoms with E-state index in [2.05, 4.69) is 0 Å². The van der Waals surface area contributed by atoms with Crippen LogP contribution in [0.5, 0.6) is 0 Å². The fraction of sp³-hybridized carbons (Fsp3) is 0.424.